The molecule has 1 rings (SSSR count). The summed E-state index contributed by atoms with van der Waals surface area (Å²) in [5.41, 5.74) is 1.16. The van der Waals surface area contributed by atoms with Crippen LogP contribution in [0.4, 0.5) is 13.2 Å². The summed E-state index contributed by atoms with van der Waals surface area (Å²) in [6, 6.07) is 5.00. The Kier molecular flexibility index (Phi) is 5.57. The van der Waals surface area contributed by atoms with E-state index in [4.69, 9.17) is 9.84 Å². The van der Waals surface area contributed by atoms with Crippen molar-refractivity contribution in [3.05, 3.63) is 35.4 Å². The number of hydrogen-bond acceptors (Lipinski definition) is 3. The van der Waals surface area contributed by atoms with E-state index in [0.717, 1.165) is 6.08 Å². The quantitative estimate of drug-likeness (QED) is 0.646. The maximum atomic E-state index is 11.8. The van der Waals surface area contributed by atoms with E-state index in [-0.39, 0.29) is 6.61 Å². The third-order valence-electron chi connectivity index (χ3n) is 2.24. The van der Waals surface area contributed by atoms with Crippen molar-refractivity contribution in [3.8, 4) is 5.75 Å². The highest BCUT2D eigenvalue weighted by molar-refractivity contribution is 5.86. The van der Waals surface area contributed by atoms with Gasteiger partial charge in [-0.2, -0.15) is 0 Å². The average Bonchev–Trinajstić information content (AvgIpc) is 2.32. The molecule has 0 saturated heterocycles. The summed E-state index contributed by atoms with van der Waals surface area (Å²) in [7, 11) is 0. The molecule has 7 heteroatoms. The number of aliphatic carboxylic acids is 1. The van der Waals surface area contributed by atoms with Crippen LogP contribution in [-0.2, 0) is 9.53 Å². The number of carboxylic acids is 1. The van der Waals surface area contributed by atoms with Gasteiger partial charge in [0, 0.05) is 11.6 Å². The van der Waals surface area contributed by atoms with Crippen LogP contribution in [0.15, 0.2) is 24.3 Å². The second-order valence-corrected chi connectivity index (χ2v) is 3.81. The molecule has 0 aliphatic rings. The van der Waals surface area contributed by atoms with Gasteiger partial charge in [-0.25, -0.2) is 4.79 Å². The first-order valence-electron chi connectivity index (χ1n) is 5.63. The Morgan fingerprint density at radius 1 is 1.35 bits per heavy atom. The number of carbonyl (C=O) groups is 1. The Bertz CT molecular complexity index is 495. The Morgan fingerprint density at radius 2 is 2.05 bits per heavy atom. The van der Waals surface area contributed by atoms with Crippen LogP contribution in [0.25, 0.3) is 6.08 Å². The zero-order valence-corrected chi connectivity index (χ0v) is 10.6. The Morgan fingerprint density at radius 3 is 2.65 bits per heavy atom. The number of aryl methyl sites for hydroxylation is 1. The molecule has 1 aromatic rings. The summed E-state index contributed by atoms with van der Waals surface area (Å²) in [5.74, 6) is -0.798. The van der Waals surface area contributed by atoms with Gasteiger partial charge in [-0.1, -0.05) is 18.2 Å². The van der Waals surface area contributed by atoms with Crippen LogP contribution >= 0.6 is 0 Å². The molecule has 0 saturated carbocycles. The largest absolute Gasteiger partial charge is 0.522 e. The molecule has 20 heavy (non-hydrogen) atoms. The standard InChI is InChI=1S/C13H13F3O4/c1-9-3-2-4-10(5-6-11(17)18)12(9)19-7-8-20-13(14,15)16/h2-6H,7-8H2,1H3,(H,17,18)/b6-5+. The first-order chi connectivity index (χ1) is 9.29. The number of benzene rings is 1. The summed E-state index contributed by atoms with van der Waals surface area (Å²) in [6.07, 6.45) is -2.45. The molecule has 0 bridgehead atoms. The van der Waals surface area contributed by atoms with E-state index in [1.165, 1.54) is 6.08 Å². The molecule has 0 amide bonds. The molecule has 0 heterocycles. The van der Waals surface area contributed by atoms with E-state index < -0.39 is 18.9 Å². The minimum Gasteiger partial charge on any atom is -0.490 e. The maximum absolute atomic E-state index is 11.8. The van der Waals surface area contributed by atoms with Crippen molar-refractivity contribution in [1.82, 2.24) is 0 Å². The van der Waals surface area contributed by atoms with Gasteiger partial charge < -0.3 is 9.84 Å². The number of rotatable bonds is 6. The van der Waals surface area contributed by atoms with E-state index >= 15 is 0 Å². The van der Waals surface area contributed by atoms with Gasteiger partial charge in [0.05, 0.1) is 6.61 Å². The predicted molar refractivity (Wildman–Crippen MR) is 65.4 cm³/mol. The Labute approximate surface area is 113 Å². The molecule has 0 fully saturated rings. The van der Waals surface area contributed by atoms with Crippen LogP contribution in [0.3, 0.4) is 0 Å². The van der Waals surface area contributed by atoms with Crippen LogP contribution in [0.2, 0.25) is 0 Å². The second-order valence-electron chi connectivity index (χ2n) is 3.81. The van der Waals surface area contributed by atoms with Gasteiger partial charge in [0.25, 0.3) is 0 Å². The topological polar surface area (TPSA) is 55.8 Å². The van der Waals surface area contributed by atoms with E-state index in [1.54, 1.807) is 25.1 Å². The van der Waals surface area contributed by atoms with Crippen molar-refractivity contribution in [1.29, 1.82) is 0 Å². The fourth-order valence-electron chi connectivity index (χ4n) is 1.47. The van der Waals surface area contributed by atoms with Gasteiger partial charge in [-0.05, 0) is 18.6 Å². The fourth-order valence-corrected chi connectivity index (χ4v) is 1.47. The normalized spacial score (nSPS) is 11.8. The van der Waals surface area contributed by atoms with E-state index in [2.05, 4.69) is 4.74 Å². The molecule has 0 radical (unpaired) electrons. The Hall–Kier alpha value is -2.02. The lowest BCUT2D eigenvalue weighted by atomic mass is 10.1. The SMILES string of the molecule is Cc1cccc(/C=C/C(=O)O)c1OCCOC(F)(F)F. The monoisotopic (exact) mass is 290 g/mol. The van der Waals surface area contributed by atoms with Crippen molar-refractivity contribution in [2.75, 3.05) is 13.2 Å². The van der Waals surface area contributed by atoms with E-state index in [1.807, 2.05) is 0 Å². The summed E-state index contributed by atoms with van der Waals surface area (Å²) in [4.78, 5) is 10.5. The molecule has 110 valence electrons. The molecule has 0 spiro atoms. The minimum atomic E-state index is -4.69. The maximum Gasteiger partial charge on any atom is 0.522 e. The molecule has 1 aromatic carbocycles. The number of halogens is 3. The van der Waals surface area contributed by atoms with E-state index in [0.29, 0.717) is 16.9 Å². The lowest BCUT2D eigenvalue weighted by molar-refractivity contribution is -0.325. The van der Waals surface area contributed by atoms with Crippen molar-refractivity contribution in [2.45, 2.75) is 13.3 Å². The molecule has 0 aliphatic heterocycles. The number of alkyl halides is 3. The molecule has 1 N–H and O–H groups in total. The first kappa shape index (κ1) is 16.0. The van der Waals surface area contributed by atoms with Gasteiger partial charge >= 0.3 is 12.3 Å². The molecular weight excluding hydrogens is 277 g/mol. The number of para-hydroxylation sites is 1. The second kappa shape index (κ2) is 6.95. The number of carboxylic acid groups (broad SMARTS) is 1. The fraction of sp³-hybridized carbons (Fsp3) is 0.308. The van der Waals surface area contributed by atoms with Crippen LogP contribution in [0.1, 0.15) is 11.1 Å². The lowest BCUT2D eigenvalue weighted by Crippen LogP contribution is -2.18. The zero-order valence-electron chi connectivity index (χ0n) is 10.6. The van der Waals surface area contributed by atoms with E-state index in [9.17, 15) is 18.0 Å². The molecule has 0 atom stereocenters. The average molecular weight is 290 g/mol. The van der Waals surface area contributed by atoms with Gasteiger partial charge in [0.1, 0.15) is 12.4 Å². The lowest BCUT2D eigenvalue weighted by Gasteiger charge is -2.13. The highest BCUT2D eigenvalue weighted by atomic mass is 19.4. The zero-order chi connectivity index (χ0) is 15.2. The molecular formula is C13H13F3O4. The minimum absolute atomic E-state index is 0.293. The van der Waals surface area contributed by atoms with Gasteiger partial charge in [-0.3, -0.25) is 4.74 Å². The van der Waals surface area contributed by atoms with Crippen molar-refractivity contribution in [3.63, 3.8) is 0 Å². The van der Waals surface area contributed by atoms with Gasteiger partial charge in [-0.15, -0.1) is 13.2 Å². The molecule has 4 nitrogen and oxygen atoms in total. The van der Waals surface area contributed by atoms with Crippen LogP contribution in [0.5, 0.6) is 5.75 Å². The van der Waals surface area contributed by atoms with Crippen molar-refractivity contribution >= 4 is 12.0 Å². The molecule has 0 aliphatic carbocycles. The van der Waals surface area contributed by atoms with Gasteiger partial charge in [0.15, 0.2) is 0 Å². The third-order valence-corrected chi connectivity index (χ3v) is 2.24. The van der Waals surface area contributed by atoms with Crippen LogP contribution in [0, 0.1) is 6.92 Å². The first-order valence-corrected chi connectivity index (χ1v) is 5.63. The Balaban J connectivity index is 2.71. The molecule has 0 unspecified atom stereocenters. The summed E-state index contributed by atoms with van der Waals surface area (Å²) >= 11 is 0. The summed E-state index contributed by atoms with van der Waals surface area (Å²) < 4.78 is 44.2. The smallest absolute Gasteiger partial charge is 0.490 e. The van der Waals surface area contributed by atoms with Crippen molar-refractivity contribution in [2.24, 2.45) is 0 Å². The van der Waals surface area contributed by atoms with Crippen LogP contribution < -0.4 is 4.74 Å². The number of hydrogen-bond donors (Lipinski definition) is 1. The predicted octanol–water partition coefficient (Wildman–Crippen LogP) is 3.01. The van der Waals surface area contributed by atoms with Gasteiger partial charge in [0.2, 0.25) is 0 Å². The third kappa shape index (κ3) is 5.75. The van der Waals surface area contributed by atoms with Crippen molar-refractivity contribution < 1.29 is 32.5 Å². The molecule has 0 aromatic heterocycles. The summed E-state index contributed by atoms with van der Waals surface area (Å²) in [5, 5.41) is 8.57. The summed E-state index contributed by atoms with van der Waals surface area (Å²) in [6.45, 7) is 0.774. The number of ether oxygens (including phenoxy) is 2. The van der Waals surface area contributed by atoms with Crippen LogP contribution in [-0.4, -0.2) is 30.7 Å². The highest BCUT2D eigenvalue weighted by Gasteiger charge is 2.28. The highest BCUT2D eigenvalue weighted by Crippen LogP contribution is 2.25.